The van der Waals surface area contributed by atoms with Crippen LogP contribution in [0.1, 0.15) is 335 Å². The fourth-order valence-corrected chi connectivity index (χ4v) is 13.7. The van der Waals surface area contributed by atoms with Gasteiger partial charge in [0.25, 0.3) is 0 Å². The molecule has 558 valence electrons. The van der Waals surface area contributed by atoms with Crippen LogP contribution in [0.4, 0.5) is 17.2 Å². The van der Waals surface area contributed by atoms with Gasteiger partial charge in [-0.15, -0.1) is 0 Å². The molecule has 2 aromatic carbocycles. The third-order valence-electron chi connectivity index (χ3n) is 18.7. The maximum atomic E-state index is 14.1. The Morgan fingerprint density at radius 2 is 1.09 bits per heavy atom. The van der Waals surface area contributed by atoms with Crippen molar-refractivity contribution >= 4 is 64.6 Å². The molecule has 1 unspecified atom stereocenters. The van der Waals surface area contributed by atoms with Gasteiger partial charge < -0.3 is 38.6 Å². The monoisotopic (exact) mass is 1400 g/mol. The zero-order valence-electron chi connectivity index (χ0n) is 63.7. The number of nitrogens with zero attached hydrogens (tertiary/aromatic N) is 3. The summed E-state index contributed by atoms with van der Waals surface area (Å²) in [4.78, 5) is 91.7. The van der Waals surface area contributed by atoms with Crippen LogP contribution in [0.3, 0.4) is 0 Å². The van der Waals surface area contributed by atoms with Crippen LogP contribution < -0.4 is 15.0 Å². The van der Waals surface area contributed by atoms with Crippen molar-refractivity contribution in [2.75, 3.05) is 30.0 Å². The molecule has 0 bridgehead atoms. The maximum absolute atomic E-state index is 14.1. The molecule has 1 aliphatic rings. The average Bonchev–Trinajstić information content (AvgIpc) is 0.791. The number of unbranched alkanes of at least 4 members (excludes halogenated alkanes) is 24. The van der Waals surface area contributed by atoms with Crippen LogP contribution in [0, 0.1) is 25.7 Å². The fraction of sp³-hybridized carbons (Fsp3) is 0.732. The van der Waals surface area contributed by atoms with Crippen LogP contribution in [-0.2, 0) is 57.9 Å². The number of hydrogen-bond acceptors (Lipinski definition) is 16. The molecule has 1 saturated carbocycles. The van der Waals surface area contributed by atoms with E-state index in [2.05, 4.69) is 66.1 Å². The first kappa shape index (κ1) is 85.6. The molecule has 4 rings (SSSR count). The molecule has 1 heterocycles. The Balaban J connectivity index is 1.33. The molecule has 1 fully saturated rings. The Kier molecular flexibility index (Phi) is 41.0. The second-order valence-corrected chi connectivity index (χ2v) is 31.1. The summed E-state index contributed by atoms with van der Waals surface area (Å²) < 4.78 is 35.2. The number of rotatable bonds is 51. The lowest BCUT2D eigenvalue weighted by Crippen LogP contribution is -2.42. The summed E-state index contributed by atoms with van der Waals surface area (Å²) in [5.41, 5.74) is 3.84. The predicted molar refractivity (Wildman–Crippen MR) is 400 cm³/mol. The summed E-state index contributed by atoms with van der Waals surface area (Å²) in [6, 6.07) is 10.2. The third kappa shape index (κ3) is 36.6. The summed E-state index contributed by atoms with van der Waals surface area (Å²) in [6.07, 6.45) is 36.4. The average molecular weight is 1400 g/mol. The summed E-state index contributed by atoms with van der Waals surface area (Å²) in [5.74, 6) is -1.97. The molecule has 0 amide bonds. The third-order valence-corrected chi connectivity index (χ3v) is 18.9. The van der Waals surface area contributed by atoms with E-state index in [-0.39, 0.29) is 98.8 Å². The zero-order chi connectivity index (χ0) is 72.6. The summed E-state index contributed by atoms with van der Waals surface area (Å²) in [5, 5.41) is 3.79. The van der Waals surface area contributed by atoms with Gasteiger partial charge in [0.2, 0.25) is 0 Å². The smallest absolute Gasteiger partial charge is 0.311 e. The molecular formula is C82H131ClN4O12. The van der Waals surface area contributed by atoms with Gasteiger partial charge in [-0.1, -0.05) is 233 Å². The molecule has 1 aliphatic carbocycles. The highest BCUT2D eigenvalue weighted by atomic mass is 35.5. The molecular weight excluding hydrogens is 1270 g/mol. The highest BCUT2D eigenvalue weighted by Crippen LogP contribution is 2.41. The molecule has 16 nitrogen and oxygen atoms in total. The lowest BCUT2D eigenvalue weighted by Gasteiger charge is -2.40. The van der Waals surface area contributed by atoms with E-state index in [0.29, 0.717) is 48.7 Å². The van der Waals surface area contributed by atoms with E-state index in [0.717, 1.165) is 86.0 Å². The first-order valence-corrected chi connectivity index (χ1v) is 39.0. The number of halogens is 1. The second kappa shape index (κ2) is 47.4. The number of anilines is 3. The van der Waals surface area contributed by atoms with E-state index in [1.165, 1.54) is 122 Å². The minimum absolute atomic E-state index is 0.0368. The number of ether oxygens (including phenoxy) is 6. The standard InChI is InChI=1S/C82H131ClN4O12/c1-14-16-18-20-22-24-26-28-30-32-34-36-38-40-74(88)94-58-68(59-95-75(89)41-39-37-35-33-31-29-27-25-23-21-19-17-15-2)97-76(90)50-62(6)51-77(91)98-71-49-61(5)48-64(8)80(71)82(12,13)54-79(93)96-67-45-43-66(44-46-67)87(57-60(3)4)70-47-42-65(63(7)52-78(92)99-81(9,10)11)53-69(70)86-73-56-84-72(83)55-85-73/h42,47-49,53,55-56,60,62-63,66-68H,14-41,43-46,50-52,54,57-59H2,1-13H3,(H,85,86)/t62?,63-,66?,67?/m1/s1. The van der Waals surface area contributed by atoms with Crippen LogP contribution in [0.5, 0.6) is 5.75 Å². The van der Waals surface area contributed by atoms with Crippen LogP contribution >= 0.6 is 11.6 Å². The number of hydrogen-bond donors (Lipinski definition) is 1. The first-order chi connectivity index (χ1) is 47.2. The Bertz CT molecular complexity index is 2780. The van der Waals surface area contributed by atoms with E-state index in [4.69, 9.17) is 40.0 Å². The quantitative estimate of drug-likeness (QED) is 0.0242. The lowest BCUT2D eigenvalue weighted by molar-refractivity contribution is -0.167. The van der Waals surface area contributed by atoms with Crippen molar-refractivity contribution in [1.29, 1.82) is 0 Å². The Labute approximate surface area is 602 Å². The normalized spacial score (nSPS) is 14.7. The van der Waals surface area contributed by atoms with E-state index in [9.17, 15) is 28.8 Å². The highest BCUT2D eigenvalue weighted by Gasteiger charge is 2.35. The SMILES string of the molecule is CCCCCCCCCCCCCCCC(=O)OCC(COC(=O)CCCCCCCCCCCCCCC)OC(=O)CC(C)CC(=O)Oc1cc(C)cc(C)c1C(C)(C)CC(=O)OC1CCC(N(CC(C)C)c2ccc([C@H](C)CC(=O)OC(C)(C)C)cc2Nc2cnc(Cl)cn2)CC1. The van der Waals surface area contributed by atoms with Gasteiger partial charge in [0.05, 0.1) is 36.6 Å². The number of carbonyl (C=O) groups excluding carboxylic acids is 6. The molecule has 0 saturated heterocycles. The Hall–Kier alpha value is -5.77. The molecule has 3 aromatic rings. The summed E-state index contributed by atoms with van der Waals surface area (Å²) in [6.45, 7) is 26.3. The van der Waals surface area contributed by atoms with E-state index < -0.39 is 35.0 Å². The van der Waals surface area contributed by atoms with Crippen LogP contribution in [-0.4, -0.2) is 89.4 Å². The molecule has 0 aliphatic heterocycles. The van der Waals surface area contributed by atoms with Crippen molar-refractivity contribution in [3.63, 3.8) is 0 Å². The van der Waals surface area contributed by atoms with Crippen LogP contribution in [0.25, 0.3) is 0 Å². The molecule has 0 spiro atoms. The van der Waals surface area contributed by atoms with Gasteiger partial charge in [-0.2, -0.15) is 0 Å². The van der Waals surface area contributed by atoms with Gasteiger partial charge in [0.1, 0.15) is 41.6 Å². The highest BCUT2D eigenvalue weighted by molar-refractivity contribution is 6.29. The number of nitrogens with one attached hydrogen (secondary N) is 1. The van der Waals surface area contributed by atoms with E-state index >= 15 is 0 Å². The molecule has 0 radical (unpaired) electrons. The number of aromatic nitrogens is 2. The van der Waals surface area contributed by atoms with Crippen molar-refractivity contribution in [2.24, 2.45) is 11.8 Å². The molecule has 2 atom stereocenters. The first-order valence-electron chi connectivity index (χ1n) is 38.6. The number of benzene rings is 2. The van der Waals surface area contributed by atoms with Crippen molar-refractivity contribution in [3.05, 3.63) is 70.1 Å². The van der Waals surface area contributed by atoms with Gasteiger partial charge in [-0.05, 0) is 126 Å². The summed E-state index contributed by atoms with van der Waals surface area (Å²) >= 11 is 6.13. The van der Waals surface area contributed by atoms with Gasteiger partial charge in [0.15, 0.2) is 6.10 Å². The number of carbonyl (C=O) groups is 6. The van der Waals surface area contributed by atoms with Gasteiger partial charge in [-0.25, -0.2) is 9.97 Å². The maximum Gasteiger partial charge on any atom is 0.311 e. The molecule has 17 heteroatoms. The van der Waals surface area contributed by atoms with Crippen LogP contribution in [0.15, 0.2) is 42.7 Å². The molecule has 99 heavy (non-hydrogen) atoms. The van der Waals surface area contributed by atoms with Crippen molar-refractivity contribution in [1.82, 2.24) is 9.97 Å². The lowest BCUT2D eigenvalue weighted by atomic mass is 9.78. The van der Waals surface area contributed by atoms with Gasteiger partial charge >= 0.3 is 35.8 Å². The largest absolute Gasteiger partial charge is 0.462 e. The predicted octanol–water partition coefficient (Wildman–Crippen LogP) is 21.3. The topological polar surface area (TPSA) is 199 Å². The Morgan fingerprint density at radius 3 is 1.58 bits per heavy atom. The van der Waals surface area contributed by atoms with Crippen molar-refractivity contribution in [3.8, 4) is 5.75 Å². The fourth-order valence-electron chi connectivity index (χ4n) is 13.6. The number of aryl methyl sites for hydroxylation is 2. The molecule has 1 aromatic heterocycles. The van der Waals surface area contributed by atoms with Crippen molar-refractivity contribution in [2.45, 2.75) is 356 Å². The minimum atomic E-state index is -1.01. The molecule has 1 N–H and O–H groups in total. The van der Waals surface area contributed by atoms with E-state index in [1.54, 1.807) is 13.1 Å². The van der Waals surface area contributed by atoms with Gasteiger partial charge in [-0.3, -0.25) is 28.8 Å². The van der Waals surface area contributed by atoms with Crippen molar-refractivity contribution < 1.29 is 57.2 Å². The zero-order valence-corrected chi connectivity index (χ0v) is 64.5. The minimum Gasteiger partial charge on any atom is -0.462 e. The summed E-state index contributed by atoms with van der Waals surface area (Å²) in [7, 11) is 0. The second-order valence-electron chi connectivity index (χ2n) is 30.8. The Morgan fingerprint density at radius 1 is 0.586 bits per heavy atom. The van der Waals surface area contributed by atoms with Gasteiger partial charge in [0, 0.05) is 49.2 Å². The van der Waals surface area contributed by atoms with E-state index in [1.807, 2.05) is 67.5 Å². The number of esters is 6. The van der Waals surface area contributed by atoms with Crippen LogP contribution in [0.2, 0.25) is 5.15 Å².